The molecule has 0 aromatic heterocycles. The Morgan fingerprint density at radius 3 is 2.48 bits per heavy atom. The lowest BCUT2D eigenvalue weighted by atomic mass is 10.2. The summed E-state index contributed by atoms with van der Waals surface area (Å²) in [4.78, 5) is 23.3. The molecule has 1 aliphatic rings. The first-order valence-electron chi connectivity index (χ1n) is 9.25. The Kier molecular flexibility index (Phi) is 5.30. The van der Waals surface area contributed by atoms with Gasteiger partial charge in [-0.3, -0.25) is 19.2 Å². The van der Waals surface area contributed by atoms with Gasteiger partial charge in [0.25, 0.3) is 21.6 Å². The minimum absolute atomic E-state index is 0.0875. The van der Waals surface area contributed by atoms with Crippen LogP contribution in [0.4, 0.5) is 17.1 Å². The molecule has 4 rings (SSSR count). The summed E-state index contributed by atoms with van der Waals surface area (Å²) in [6.07, 6.45) is -1.16. The molecule has 1 atom stereocenters. The molecular formula is C21H17N3O6S. The van der Waals surface area contributed by atoms with E-state index in [1.165, 1.54) is 36.4 Å². The van der Waals surface area contributed by atoms with Gasteiger partial charge in [0, 0.05) is 17.8 Å². The molecule has 31 heavy (non-hydrogen) atoms. The minimum atomic E-state index is -3.95. The Morgan fingerprint density at radius 2 is 1.74 bits per heavy atom. The summed E-state index contributed by atoms with van der Waals surface area (Å²) >= 11 is 0. The van der Waals surface area contributed by atoms with Gasteiger partial charge in [-0.25, -0.2) is 8.42 Å². The largest absolute Gasteiger partial charge is 0.476 e. The molecule has 0 unspecified atom stereocenters. The van der Waals surface area contributed by atoms with Crippen molar-refractivity contribution in [2.75, 3.05) is 16.2 Å². The third-order valence-electron chi connectivity index (χ3n) is 4.68. The Balaban J connectivity index is 1.65. The van der Waals surface area contributed by atoms with E-state index in [4.69, 9.17) is 4.74 Å². The van der Waals surface area contributed by atoms with E-state index in [2.05, 4.69) is 5.32 Å². The van der Waals surface area contributed by atoms with Crippen molar-refractivity contribution in [3.8, 4) is 5.75 Å². The topological polar surface area (TPSA) is 119 Å². The van der Waals surface area contributed by atoms with Gasteiger partial charge in [0.2, 0.25) is 0 Å². The van der Waals surface area contributed by atoms with Crippen molar-refractivity contribution in [3.63, 3.8) is 0 Å². The second-order valence-electron chi connectivity index (χ2n) is 6.72. The summed E-state index contributed by atoms with van der Waals surface area (Å²) in [6.45, 7) is -0.255. The number of anilines is 2. The lowest BCUT2D eigenvalue weighted by molar-refractivity contribution is -0.384. The van der Waals surface area contributed by atoms with Crippen molar-refractivity contribution in [2.45, 2.75) is 11.0 Å². The molecule has 0 bridgehead atoms. The van der Waals surface area contributed by atoms with Gasteiger partial charge >= 0.3 is 0 Å². The summed E-state index contributed by atoms with van der Waals surface area (Å²) in [7, 11) is -3.95. The van der Waals surface area contributed by atoms with Crippen LogP contribution in [0, 0.1) is 10.1 Å². The van der Waals surface area contributed by atoms with E-state index >= 15 is 0 Å². The Bertz CT molecular complexity index is 1250. The minimum Gasteiger partial charge on any atom is -0.476 e. The Hall–Kier alpha value is -3.92. The average Bonchev–Trinajstić information content (AvgIpc) is 2.79. The number of hydrogen-bond acceptors (Lipinski definition) is 6. The molecule has 0 aliphatic carbocycles. The molecule has 3 aromatic rings. The zero-order valence-corrected chi connectivity index (χ0v) is 16.9. The number of nitro groups is 1. The van der Waals surface area contributed by atoms with Crippen molar-refractivity contribution in [1.82, 2.24) is 0 Å². The molecule has 0 radical (unpaired) electrons. The highest BCUT2D eigenvalue weighted by atomic mass is 32.2. The zero-order valence-electron chi connectivity index (χ0n) is 16.0. The maximum Gasteiger partial charge on any atom is 0.271 e. The number of benzene rings is 3. The maximum atomic E-state index is 13.3. The predicted molar refractivity (Wildman–Crippen MR) is 114 cm³/mol. The fourth-order valence-electron chi connectivity index (χ4n) is 3.21. The fourth-order valence-corrected chi connectivity index (χ4v) is 4.70. The van der Waals surface area contributed by atoms with E-state index in [1.807, 2.05) is 0 Å². The van der Waals surface area contributed by atoms with Gasteiger partial charge in [-0.2, -0.15) is 0 Å². The molecule has 158 valence electrons. The second-order valence-corrected chi connectivity index (χ2v) is 8.58. The molecule has 10 heteroatoms. The van der Waals surface area contributed by atoms with Crippen molar-refractivity contribution in [1.29, 1.82) is 0 Å². The van der Waals surface area contributed by atoms with Crippen LogP contribution >= 0.6 is 0 Å². The lowest BCUT2D eigenvalue weighted by Crippen LogP contribution is -2.48. The van der Waals surface area contributed by atoms with E-state index in [0.29, 0.717) is 5.69 Å². The van der Waals surface area contributed by atoms with Crippen LogP contribution in [-0.4, -0.2) is 31.9 Å². The number of carbonyl (C=O) groups excluding carboxylic acids is 1. The van der Waals surface area contributed by atoms with Gasteiger partial charge in [0.05, 0.1) is 22.1 Å². The number of hydrogen-bond donors (Lipinski definition) is 1. The van der Waals surface area contributed by atoms with Gasteiger partial charge in [-0.15, -0.1) is 0 Å². The molecular weight excluding hydrogens is 422 g/mol. The Morgan fingerprint density at radius 1 is 1.03 bits per heavy atom. The third kappa shape index (κ3) is 4.05. The summed E-state index contributed by atoms with van der Waals surface area (Å²) in [5.74, 6) is -0.379. The first-order chi connectivity index (χ1) is 14.9. The first-order valence-corrected chi connectivity index (χ1v) is 10.7. The van der Waals surface area contributed by atoms with Crippen LogP contribution in [0.15, 0.2) is 83.8 Å². The summed E-state index contributed by atoms with van der Waals surface area (Å²) in [6, 6.07) is 19.9. The highest BCUT2D eigenvalue weighted by Gasteiger charge is 2.37. The van der Waals surface area contributed by atoms with Crippen LogP contribution in [0.1, 0.15) is 0 Å². The highest BCUT2D eigenvalue weighted by molar-refractivity contribution is 7.92. The van der Waals surface area contributed by atoms with Crippen molar-refractivity contribution in [3.05, 3.63) is 89.0 Å². The number of nitro benzene ring substituents is 1. The van der Waals surface area contributed by atoms with Crippen LogP contribution in [0.25, 0.3) is 0 Å². The van der Waals surface area contributed by atoms with E-state index in [9.17, 15) is 23.3 Å². The zero-order chi connectivity index (χ0) is 22.0. The van der Waals surface area contributed by atoms with Crippen LogP contribution in [0.2, 0.25) is 0 Å². The number of carbonyl (C=O) groups is 1. The molecule has 0 saturated heterocycles. The van der Waals surface area contributed by atoms with Gasteiger partial charge in [0.15, 0.2) is 6.10 Å². The number of nitrogens with one attached hydrogen (secondary N) is 1. The third-order valence-corrected chi connectivity index (χ3v) is 6.48. The second kappa shape index (κ2) is 8.07. The van der Waals surface area contributed by atoms with E-state index in [1.54, 1.807) is 42.5 Å². The standard InChI is InChI=1S/C21H17N3O6S/c25-21(22-15-7-6-8-16(13-15)24(26)27)20-14-23(18-11-4-5-12-19(18)30-20)31(28,29)17-9-2-1-3-10-17/h1-13,20H,14H2,(H,22,25)/t20-/m1/s1. The number of amides is 1. The summed E-state index contributed by atoms with van der Waals surface area (Å²) in [5.41, 5.74) is 0.353. The predicted octanol–water partition coefficient (Wildman–Crippen LogP) is 3.19. The van der Waals surface area contributed by atoms with Crippen molar-refractivity contribution in [2.24, 2.45) is 0 Å². The van der Waals surface area contributed by atoms with Gasteiger partial charge in [0.1, 0.15) is 5.75 Å². The normalized spacial score (nSPS) is 15.5. The molecule has 1 N–H and O–H groups in total. The van der Waals surface area contributed by atoms with Crippen LogP contribution in [-0.2, 0) is 14.8 Å². The van der Waals surface area contributed by atoms with Crippen molar-refractivity contribution < 1.29 is 22.9 Å². The Labute approximate surface area is 178 Å². The number of fused-ring (bicyclic) bond motifs is 1. The van der Waals surface area contributed by atoms with Gasteiger partial charge < -0.3 is 10.1 Å². The number of para-hydroxylation sites is 2. The van der Waals surface area contributed by atoms with E-state index < -0.39 is 27.0 Å². The van der Waals surface area contributed by atoms with Crippen molar-refractivity contribution >= 4 is 33.0 Å². The molecule has 1 aliphatic heterocycles. The number of sulfonamides is 1. The molecule has 1 amide bonds. The van der Waals surface area contributed by atoms with E-state index in [0.717, 1.165) is 4.31 Å². The summed E-state index contributed by atoms with van der Waals surface area (Å²) in [5, 5.41) is 13.5. The molecule has 0 fully saturated rings. The SMILES string of the molecule is O=C(Nc1cccc([N+](=O)[O-])c1)[C@H]1CN(S(=O)(=O)c2ccccc2)c2ccccc2O1. The molecule has 0 saturated carbocycles. The van der Waals surface area contributed by atoms with Gasteiger partial charge in [-0.1, -0.05) is 36.4 Å². The highest BCUT2D eigenvalue weighted by Crippen LogP contribution is 2.37. The molecule has 9 nitrogen and oxygen atoms in total. The molecule has 1 heterocycles. The van der Waals surface area contributed by atoms with Gasteiger partial charge in [-0.05, 0) is 30.3 Å². The summed E-state index contributed by atoms with van der Waals surface area (Å²) < 4.78 is 33.4. The van der Waals surface area contributed by atoms with Crippen LogP contribution in [0.5, 0.6) is 5.75 Å². The lowest BCUT2D eigenvalue weighted by Gasteiger charge is -2.34. The smallest absolute Gasteiger partial charge is 0.271 e. The number of nitrogens with zero attached hydrogens (tertiary/aromatic N) is 2. The quantitative estimate of drug-likeness (QED) is 0.482. The van der Waals surface area contributed by atoms with Crippen LogP contribution in [0.3, 0.4) is 0 Å². The fraction of sp³-hybridized carbons (Fsp3) is 0.0952. The maximum absolute atomic E-state index is 13.3. The monoisotopic (exact) mass is 439 g/mol. The first kappa shape index (κ1) is 20.4. The number of rotatable bonds is 5. The number of non-ortho nitro benzene ring substituents is 1. The molecule has 0 spiro atoms. The van der Waals surface area contributed by atoms with Crippen LogP contribution < -0.4 is 14.4 Å². The molecule has 3 aromatic carbocycles. The number of ether oxygens (including phenoxy) is 1. The van der Waals surface area contributed by atoms with E-state index in [-0.39, 0.29) is 28.6 Å². The average molecular weight is 439 g/mol.